The van der Waals surface area contributed by atoms with Crippen molar-refractivity contribution in [2.24, 2.45) is 7.05 Å². The van der Waals surface area contributed by atoms with E-state index in [-0.39, 0.29) is 23.4 Å². The Labute approximate surface area is 172 Å². The minimum absolute atomic E-state index is 0.0248. The van der Waals surface area contributed by atoms with E-state index in [2.05, 4.69) is 10.4 Å². The summed E-state index contributed by atoms with van der Waals surface area (Å²) in [5.41, 5.74) is -0.350. The first-order valence-corrected chi connectivity index (χ1v) is 9.75. The van der Waals surface area contributed by atoms with Gasteiger partial charge in [0.25, 0.3) is 11.5 Å². The van der Waals surface area contributed by atoms with Crippen molar-refractivity contribution >= 4 is 28.7 Å². The summed E-state index contributed by atoms with van der Waals surface area (Å²) in [7, 11) is 1.45. The average molecular weight is 416 g/mol. The van der Waals surface area contributed by atoms with E-state index in [1.807, 2.05) is 0 Å². The van der Waals surface area contributed by atoms with Crippen LogP contribution in [-0.2, 0) is 21.3 Å². The van der Waals surface area contributed by atoms with Gasteiger partial charge in [-0.15, -0.1) is 0 Å². The van der Waals surface area contributed by atoms with Gasteiger partial charge in [-0.25, -0.2) is 14.3 Å². The first kappa shape index (κ1) is 21.3. The molecule has 0 aliphatic carbocycles. The fourth-order valence-corrected chi connectivity index (χ4v) is 3.34. The molecule has 10 nitrogen and oxygen atoms in total. The standard InChI is InChI=1S/C20H24N4O6/c1-3-29-20(28)24-10-8-13(9-11-24)21-16(25)12-30-19(27)17-14-6-4-5-7-15(14)18(26)23(2)22-17/h4-7,13H,3,8-12H2,1-2H3,(H,21,25). The van der Waals surface area contributed by atoms with Gasteiger partial charge in [-0.3, -0.25) is 9.59 Å². The van der Waals surface area contributed by atoms with Gasteiger partial charge < -0.3 is 19.7 Å². The van der Waals surface area contributed by atoms with Crippen LogP contribution in [-0.4, -0.2) is 65.0 Å². The lowest BCUT2D eigenvalue weighted by atomic mass is 10.1. The second kappa shape index (κ2) is 9.38. The number of nitrogens with zero attached hydrogens (tertiary/aromatic N) is 3. The van der Waals surface area contributed by atoms with Gasteiger partial charge in [0.15, 0.2) is 12.3 Å². The Hall–Kier alpha value is -3.43. The number of ether oxygens (including phenoxy) is 2. The van der Waals surface area contributed by atoms with E-state index in [9.17, 15) is 19.2 Å². The van der Waals surface area contributed by atoms with E-state index in [1.54, 1.807) is 36.1 Å². The number of amides is 2. The third-order valence-electron chi connectivity index (χ3n) is 4.87. The maximum atomic E-state index is 12.5. The Kier molecular flexibility index (Phi) is 6.65. The molecule has 0 bridgehead atoms. The van der Waals surface area contributed by atoms with Crippen LogP contribution in [0.5, 0.6) is 0 Å². The highest BCUT2D eigenvalue weighted by atomic mass is 16.6. The molecule has 2 aromatic rings. The van der Waals surface area contributed by atoms with Gasteiger partial charge in [0.2, 0.25) is 0 Å². The SMILES string of the molecule is CCOC(=O)N1CCC(NC(=O)COC(=O)c2nn(C)c(=O)c3ccccc23)CC1. The van der Waals surface area contributed by atoms with Crippen molar-refractivity contribution in [3.05, 3.63) is 40.3 Å². The predicted molar refractivity (Wildman–Crippen MR) is 107 cm³/mol. The zero-order chi connectivity index (χ0) is 21.7. The third-order valence-corrected chi connectivity index (χ3v) is 4.87. The molecule has 30 heavy (non-hydrogen) atoms. The summed E-state index contributed by atoms with van der Waals surface area (Å²) in [4.78, 5) is 50.1. The smallest absolute Gasteiger partial charge is 0.409 e. The van der Waals surface area contributed by atoms with Crippen LogP contribution in [0.15, 0.2) is 29.1 Å². The Morgan fingerprint density at radius 3 is 2.47 bits per heavy atom. The number of likely N-dealkylation sites (tertiary alicyclic amines) is 1. The summed E-state index contributed by atoms with van der Waals surface area (Å²) in [5, 5.41) is 7.51. The highest BCUT2D eigenvalue weighted by Crippen LogP contribution is 2.14. The first-order chi connectivity index (χ1) is 14.4. The number of fused-ring (bicyclic) bond motifs is 1. The van der Waals surface area contributed by atoms with E-state index in [4.69, 9.17) is 9.47 Å². The van der Waals surface area contributed by atoms with E-state index < -0.39 is 18.5 Å². The van der Waals surface area contributed by atoms with Crippen LogP contribution in [0.4, 0.5) is 4.79 Å². The summed E-state index contributed by atoms with van der Waals surface area (Å²) in [6.45, 7) is 2.57. The number of esters is 1. The van der Waals surface area contributed by atoms with Gasteiger partial charge >= 0.3 is 12.1 Å². The number of nitrogens with one attached hydrogen (secondary N) is 1. The molecule has 1 saturated heterocycles. The maximum absolute atomic E-state index is 12.5. The molecule has 160 valence electrons. The zero-order valence-electron chi connectivity index (χ0n) is 16.9. The first-order valence-electron chi connectivity index (χ1n) is 9.75. The van der Waals surface area contributed by atoms with Crippen LogP contribution in [0.3, 0.4) is 0 Å². The highest BCUT2D eigenvalue weighted by molar-refractivity contribution is 6.02. The molecular formula is C20H24N4O6. The molecule has 1 aromatic heterocycles. The number of hydrogen-bond acceptors (Lipinski definition) is 7. The van der Waals surface area contributed by atoms with E-state index in [1.165, 1.54) is 7.05 Å². The Balaban J connectivity index is 1.54. The molecule has 1 aromatic carbocycles. The normalized spacial score (nSPS) is 14.4. The Morgan fingerprint density at radius 1 is 1.13 bits per heavy atom. The molecule has 0 spiro atoms. The minimum Gasteiger partial charge on any atom is -0.451 e. The topological polar surface area (TPSA) is 120 Å². The fraction of sp³-hybridized carbons (Fsp3) is 0.450. The molecule has 2 heterocycles. The molecule has 0 radical (unpaired) electrons. The van der Waals surface area contributed by atoms with Gasteiger partial charge in [-0.05, 0) is 25.8 Å². The largest absolute Gasteiger partial charge is 0.451 e. The zero-order valence-corrected chi connectivity index (χ0v) is 16.9. The lowest BCUT2D eigenvalue weighted by molar-refractivity contribution is -0.125. The molecule has 1 fully saturated rings. The summed E-state index contributed by atoms with van der Waals surface area (Å²) in [5.74, 6) is -1.22. The van der Waals surface area contributed by atoms with Crippen molar-refractivity contribution in [1.82, 2.24) is 20.0 Å². The third kappa shape index (κ3) is 4.76. The molecule has 1 N–H and O–H groups in total. The second-order valence-corrected chi connectivity index (χ2v) is 6.93. The van der Waals surface area contributed by atoms with Gasteiger partial charge in [-0.2, -0.15) is 5.10 Å². The van der Waals surface area contributed by atoms with Crippen LogP contribution in [0.25, 0.3) is 10.8 Å². The predicted octanol–water partition coefficient (Wildman–Crippen LogP) is 0.827. The molecule has 0 atom stereocenters. The highest BCUT2D eigenvalue weighted by Gasteiger charge is 2.25. The van der Waals surface area contributed by atoms with Crippen LogP contribution in [0.2, 0.25) is 0 Å². The molecule has 1 aliphatic rings. The van der Waals surface area contributed by atoms with Crippen LogP contribution in [0, 0.1) is 0 Å². The number of carbonyl (C=O) groups is 3. The number of aryl methyl sites for hydroxylation is 1. The summed E-state index contributed by atoms with van der Waals surface area (Å²) >= 11 is 0. The van der Waals surface area contributed by atoms with Gasteiger partial charge in [0, 0.05) is 31.6 Å². The fourth-order valence-electron chi connectivity index (χ4n) is 3.34. The number of rotatable bonds is 5. The van der Waals surface area contributed by atoms with Crippen molar-refractivity contribution in [2.75, 3.05) is 26.3 Å². The van der Waals surface area contributed by atoms with Gasteiger partial charge in [-0.1, -0.05) is 18.2 Å². The number of piperidine rings is 1. The monoisotopic (exact) mass is 416 g/mol. The van der Waals surface area contributed by atoms with Crippen LogP contribution >= 0.6 is 0 Å². The van der Waals surface area contributed by atoms with E-state index >= 15 is 0 Å². The summed E-state index contributed by atoms with van der Waals surface area (Å²) in [6, 6.07) is 6.48. The molecule has 0 saturated carbocycles. The minimum atomic E-state index is -0.783. The van der Waals surface area contributed by atoms with Crippen molar-refractivity contribution in [2.45, 2.75) is 25.8 Å². The van der Waals surface area contributed by atoms with Crippen LogP contribution in [0.1, 0.15) is 30.3 Å². The van der Waals surface area contributed by atoms with Crippen LogP contribution < -0.4 is 10.9 Å². The molecule has 10 heteroatoms. The van der Waals surface area contributed by atoms with Gasteiger partial charge in [0.1, 0.15) is 0 Å². The number of benzene rings is 1. The second-order valence-electron chi connectivity index (χ2n) is 6.93. The maximum Gasteiger partial charge on any atom is 0.409 e. The van der Waals surface area contributed by atoms with Crippen molar-refractivity contribution in [3.63, 3.8) is 0 Å². The van der Waals surface area contributed by atoms with Crippen molar-refractivity contribution < 1.29 is 23.9 Å². The van der Waals surface area contributed by atoms with E-state index in [0.29, 0.717) is 43.3 Å². The Morgan fingerprint density at radius 2 is 1.80 bits per heavy atom. The lowest BCUT2D eigenvalue weighted by Gasteiger charge is -2.31. The molecule has 1 aliphatic heterocycles. The molecular weight excluding hydrogens is 392 g/mol. The molecule has 0 unspecified atom stereocenters. The number of hydrogen-bond donors (Lipinski definition) is 1. The Bertz CT molecular complexity index is 1010. The van der Waals surface area contributed by atoms with E-state index in [0.717, 1.165) is 4.68 Å². The van der Waals surface area contributed by atoms with Crippen molar-refractivity contribution in [3.8, 4) is 0 Å². The average Bonchev–Trinajstić information content (AvgIpc) is 2.75. The van der Waals surface area contributed by atoms with Crippen molar-refractivity contribution in [1.29, 1.82) is 0 Å². The molecule has 2 amide bonds. The number of carbonyl (C=O) groups excluding carboxylic acids is 3. The van der Waals surface area contributed by atoms with Gasteiger partial charge in [0.05, 0.1) is 12.0 Å². The molecule has 3 rings (SSSR count). The lowest BCUT2D eigenvalue weighted by Crippen LogP contribution is -2.47. The summed E-state index contributed by atoms with van der Waals surface area (Å²) in [6.07, 6.45) is 0.824. The quantitative estimate of drug-likeness (QED) is 0.717. The number of aromatic nitrogens is 2. The summed E-state index contributed by atoms with van der Waals surface area (Å²) < 4.78 is 11.1.